The molecule has 1 amide bonds. The van der Waals surface area contributed by atoms with Gasteiger partial charge < -0.3 is 10.1 Å². The summed E-state index contributed by atoms with van der Waals surface area (Å²) in [5.74, 6) is 2.75. The summed E-state index contributed by atoms with van der Waals surface area (Å²) in [6.45, 7) is 2.68. The minimum absolute atomic E-state index is 0.0570. The lowest BCUT2D eigenvalue weighted by Crippen LogP contribution is -2.25. The summed E-state index contributed by atoms with van der Waals surface area (Å²) in [7, 11) is 0. The maximum atomic E-state index is 12.3. The average molecular weight is 493 g/mol. The maximum Gasteiger partial charge on any atom is 0.407 e. The summed E-state index contributed by atoms with van der Waals surface area (Å²) >= 11 is 2.26. The molecule has 0 aromatic heterocycles. The second-order valence-corrected chi connectivity index (χ2v) is 8.24. The molecular weight excluding hydrogens is 473 g/mol. The van der Waals surface area contributed by atoms with Gasteiger partial charge in [0.05, 0.1) is 0 Å². The van der Waals surface area contributed by atoms with Crippen molar-refractivity contribution in [3.05, 3.63) is 92.1 Å². The quantitative estimate of drug-likeness (QED) is 0.379. The fourth-order valence-electron chi connectivity index (χ4n) is 3.81. The van der Waals surface area contributed by atoms with Crippen molar-refractivity contribution in [1.82, 2.24) is 5.32 Å². The van der Waals surface area contributed by atoms with Gasteiger partial charge in [-0.25, -0.2) is 4.79 Å². The first-order valence-corrected chi connectivity index (χ1v) is 10.5. The zero-order valence-electron chi connectivity index (χ0n) is 16.0. The van der Waals surface area contributed by atoms with Crippen LogP contribution in [0.1, 0.15) is 33.7 Å². The van der Waals surface area contributed by atoms with E-state index in [4.69, 9.17) is 11.2 Å². The van der Waals surface area contributed by atoms with Crippen LogP contribution in [0, 0.1) is 22.8 Å². The molecule has 29 heavy (non-hydrogen) atoms. The van der Waals surface area contributed by atoms with E-state index >= 15 is 0 Å². The number of hydrogen-bond acceptors (Lipinski definition) is 2. The topological polar surface area (TPSA) is 38.3 Å². The first kappa shape index (κ1) is 19.5. The highest BCUT2D eigenvalue weighted by Gasteiger charge is 2.28. The molecule has 1 aliphatic carbocycles. The molecule has 3 nitrogen and oxygen atoms in total. The van der Waals surface area contributed by atoms with E-state index in [9.17, 15) is 4.79 Å². The van der Waals surface area contributed by atoms with Gasteiger partial charge in [-0.3, -0.25) is 0 Å². The van der Waals surface area contributed by atoms with Gasteiger partial charge in [-0.05, 0) is 75.0 Å². The number of alkyl carbamates (subject to hydrolysis) is 1. The number of rotatable bonds is 4. The van der Waals surface area contributed by atoms with E-state index in [2.05, 4.69) is 58.1 Å². The molecule has 0 atom stereocenters. The molecule has 3 aromatic rings. The average Bonchev–Trinajstić information content (AvgIpc) is 3.07. The third kappa shape index (κ3) is 3.88. The predicted molar refractivity (Wildman–Crippen MR) is 124 cm³/mol. The number of fused-ring (bicyclic) bond motifs is 3. The van der Waals surface area contributed by atoms with Gasteiger partial charge in [-0.1, -0.05) is 54.5 Å². The summed E-state index contributed by atoms with van der Waals surface area (Å²) < 4.78 is 6.67. The van der Waals surface area contributed by atoms with Crippen LogP contribution in [0.25, 0.3) is 11.1 Å². The van der Waals surface area contributed by atoms with Gasteiger partial charge in [0.25, 0.3) is 0 Å². The van der Waals surface area contributed by atoms with Crippen LogP contribution in [0.3, 0.4) is 0 Å². The molecular formula is C25H20INO2. The van der Waals surface area contributed by atoms with Crippen LogP contribution < -0.4 is 5.32 Å². The summed E-state index contributed by atoms with van der Waals surface area (Å²) in [5, 5.41) is 2.84. The third-order valence-electron chi connectivity index (χ3n) is 5.34. The van der Waals surface area contributed by atoms with Crippen LogP contribution >= 0.6 is 22.6 Å². The number of nitrogens with one attached hydrogen (secondary N) is 1. The van der Waals surface area contributed by atoms with Gasteiger partial charge in [0.15, 0.2) is 0 Å². The second kappa shape index (κ2) is 8.30. The molecule has 0 unspecified atom stereocenters. The molecule has 1 aliphatic rings. The summed E-state index contributed by atoms with van der Waals surface area (Å²) in [6.07, 6.45) is 5.15. The Bertz CT molecular complexity index is 1080. The third-order valence-corrected chi connectivity index (χ3v) is 6.46. The Labute approximate surface area is 184 Å². The normalized spacial score (nSPS) is 12.0. The Morgan fingerprint density at radius 3 is 2.34 bits per heavy atom. The van der Waals surface area contributed by atoms with Crippen LogP contribution in [0.2, 0.25) is 0 Å². The Morgan fingerprint density at radius 2 is 1.72 bits per heavy atom. The maximum absolute atomic E-state index is 12.3. The zero-order chi connectivity index (χ0) is 20.4. The molecule has 144 valence electrons. The number of amides is 1. The molecule has 4 rings (SSSR count). The van der Waals surface area contributed by atoms with E-state index < -0.39 is 6.09 Å². The number of carbonyl (C=O) groups excluding carboxylic acids is 1. The predicted octanol–water partition coefficient (Wildman–Crippen LogP) is 5.62. The first-order chi connectivity index (χ1) is 14.1. The first-order valence-electron chi connectivity index (χ1n) is 9.43. The number of terminal acetylenes is 1. The molecule has 0 saturated carbocycles. The Hall–Kier alpha value is -2.78. The van der Waals surface area contributed by atoms with Crippen molar-refractivity contribution in [2.24, 2.45) is 0 Å². The van der Waals surface area contributed by atoms with E-state index in [1.165, 1.54) is 22.3 Å². The smallest absolute Gasteiger partial charge is 0.407 e. The van der Waals surface area contributed by atoms with Gasteiger partial charge in [0, 0.05) is 21.6 Å². The number of halogens is 1. The molecule has 0 heterocycles. The fourth-order valence-corrected chi connectivity index (χ4v) is 4.50. The van der Waals surface area contributed by atoms with Gasteiger partial charge in [-0.15, -0.1) is 6.42 Å². The standard InChI is InChI=1S/C25H20INO2/c1-3-18-12-17(13-24(26)16(18)2)14-27-25(28)29-15-23-21-10-6-4-8-19(21)20-9-5-7-11-22(20)23/h1,4-13,23H,14-15H2,2H3,(H,27,28). The molecule has 0 bridgehead atoms. The summed E-state index contributed by atoms with van der Waals surface area (Å²) in [5.41, 5.74) is 7.73. The highest BCUT2D eigenvalue weighted by Crippen LogP contribution is 2.44. The van der Waals surface area contributed by atoms with Crippen LogP contribution in [-0.2, 0) is 11.3 Å². The lowest BCUT2D eigenvalue weighted by Gasteiger charge is -2.15. The van der Waals surface area contributed by atoms with Crippen LogP contribution in [0.4, 0.5) is 4.79 Å². The van der Waals surface area contributed by atoms with Crippen molar-refractivity contribution in [3.63, 3.8) is 0 Å². The van der Waals surface area contributed by atoms with Crippen LogP contribution in [0.5, 0.6) is 0 Å². The van der Waals surface area contributed by atoms with E-state index in [1.807, 2.05) is 43.3 Å². The van der Waals surface area contributed by atoms with Crippen molar-refractivity contribution < 1.29 is 9.53 Å². The van der Waals surface area contributed by atoms with Crippen molar-refractivity contribution >= 4 is 28.7 Å². The highest BCUT2D eigenvalue weighted by atomic mass is 127. The minimum atomic E-state index is -0.426. The second-order valence-electron chi connectivity index (χ2n) is 7.07. The molecule has 0 fully saturated rings. The SMILES string of the molecule is C#Cc1cc(CNC(=O)OCC2c3ccccc3-c3ccccc32)cc(I)c1C. The van der Waals surface area contributed by atoms with Gasteiger partial charge in [0.2, 0.25) is 0 Å². The fraction of sp³-hybridized carbons (Fsp3) is 0.160. The molecule has 4 heteroatoms. The monoisotopic (exact) mass is 493 g/mol. The van der Waals surface area contributed by atoms with E-state index in [0.717, 1.165) is 20.3 Å². The molecule has 0 aliphatic heterocycles. The van der Waals surface area contributed by atoms with Crippen LogP contribution in [0.15, 0.2) is 60.7 Å². The van der Waals surface area contributed by atoms with Crippen LogP contribution in [-0.4, -0.2) is 12.7 Å². The summed E-state index contributed by atoms with van der Waals surface area (Å²) in [6, 6.07) is 20.6. The number of hydrogen-bond donors (Lipinski definition) is 1. The largest absolute Gasteiger partial charge is 0.449 e. The Balaban J connectivity index is 1.42. The lowest BCUT2D eigenvalue weighted by atomic mass is 9.98. The van der Waals surface area contributed by atoms with Crippen molar-refractivity contribution in [3.8, 4) is 23.5 Å². The molecule has 1 N–H and O–H groups in total. The van der Waals surface area contributed by atoms with Gasteiger partial charge in [0.1, 0.15) is 6.61 Å². The van der Waals surface area contributed by atoms with Gasteiger partial charge in [-0.2, -0.15) is 0 Å². The molecule has 0 saturated heterocycles. The molecule has 0 radical (unpaired) electrons. The van der Waals surface area contributed by atoms with Crippen molar-refractivity contribution in [2.75, 3.05) is 6.61 Å². The molecule has 0 spiro atoms. The Morgan fingerprint density at radius 1 is 1.10 bits per heavy atom. The number of ether oxygens (including phenoxy) is 1. The van der Waals surface area contributed by atoms with E-state index in [0.29, 0.717) is 13.2 Å². The minimum Gasteiger partial charge on any atom is -0.449 e. The highest BCUT2D eigenvalue weighted by molar-refractivity contribution is 14.1. The number of benzene rings is 3. The van der Waals surface area contributed by atoms with E-state index in [1.54, 1.807) is 0 Å². The van der Waals surface area contributed by atoms with Crippen molar-refractivity contribution in [1.29, 1.82) is 0 Å². The van der Waals surface area contributed by atoms with Gasteiger partial charge >= 0.3 is 6.09 Å². The Kier molecular flexibility index (Phi) is 5.59. The molecule has 3 aromatic carbocycles. The summed E-state index contributed by atoms with van der Waals surface area (Å²) in [4.78, 5) is 12.3. The van der Waals surface area contributed by atoms with Crippen molar-refractivity contribution in [2.45, 2.75) is 19.4 Å². The lowest BCUT2D eigenvalue weighted by molar-refractivity contribution is 0.142. The zero-order valence-corrected chi connectivity index (χ0v) is 18.2. The number of carbonyl (C=O) groups is 1. The van der Waals surface area contributed by atoms with E-state index in [-0.39, 0.29) is 5.92 Å².